The van der Waals surface area contributed by atoms with E-state index in [0.717, 1.165) is 0 Å². The van der Waals surface area contributed by atoms with Crippen molar-refractivity contribution in [2.75, 3.05) is 13.7 Å². The van der Waals surface area contributed by atoms with Gasteiger partial charge in [0.15, 0.2) is 5.82 Å². The number of methoxy groups -OCH3 is 1. The van der Waals surface area contributed by atoms with Crippen LogP contribution >= 0.6 is 0 Å². The Morgan fingerprint density at radius 3 is 2.67 bits per heavy atom. The van der Waals surface area contributed by atoms with Crippen LogP contribution in [0, 0.1) is 0 Å². The summed E-state index contributed by atoms with van der Waals surface area (Å²) in [6.45, 7) is -0.700. The third kappa shape index (κ3) is 3.32. The van der Waals surface area contributed by atoms with Gasteiger partial charge in [-0.2, -0.15) is 0 Å². The zero-order valence-corrected chi connectivity index (χ0v) is 12.6. The molecule has 0 saturated carbocycles. The summed E-state index contributed by atoms with van der Waals surface area (Å²) in [6, 6.07) is 8.00. The van der Waals surface area contributed by atoms with Crippen molar-refractivity contribution in [1.82, 2.24) is 15.0 Å². The molecule has 3 rings (SSSR count). The summed E-state index contributed by atoms with van der Waals surface area (Å²) in [4.78, 5) is 23.3. The number of alkyl halides is 2. The van der Waals surface area contributed by atoms with Crippen LogP contribution in [-0.2, 0) is 0 Å². The van der Waals surface area contributed by atoms with Crippen LogP contribution in [0.4, 0.5) is 8.78 Å². The maximum atomic E-state index is 12.2. The van der Waals surface area contributed by atoms with E-state index >= 15 is 0 Å². The standard InChI is InChI=1S/C16H13F2N3O3/c1-23-9-2-4-12-11(6-9)16(22)21-15(20-12)13-5-3-10(7-19-13)24-8-14(17)18/h2-7,14H,8H2,1H3,(H,20,21,22). The predicted molar refractivity (Wildman–Crippen MR) is 83.6 cm³/mol. The smallest absolute Gasteiger partial charge is 0.272 e. The van der Waals surface area contributed by atoms with Crippen LogP contribution in [0.2, 0.25) is 0 Å². The summed E-state index contributed by atoms with van der Waals surface area (Å²) in [6.07, 6.45) is -1.25. The van der Waals surface area contributed by atoms with E-state index in [4.69, 9.17) is 9.47 Å². The van der Waals surface area contributed by atoms with Gasteiger partial charge >= 0.3 is 0 Å². The van der Waals surface area contributed by atoms with E-state index in [1.165, 1.54) is 25.4 Å². The number of nitrogens with one attached hydrogen (secondary N) is 1. The van der Waals surface area contributed by atoms with Crippen LogP contribution in [0.25, 0.3) is 22.4 Å². The van der Waals surface area contributed by atoms with Crippen LogP contribution in [0.1, 0.15) is 0 Å². The molecule has 3 aromatic rings. The summed E-state index contributed by atoms with van der Waals surface area (Å²) in [5.74, 6) is 1.05. The lowest BCUT2D eigenvalue weighted by Crippen LogP contribution is -2.10. The molecule has 0 spiro atoms. The number of fused-ring (bicyclic) bond motifs is 1. The zero-order valence-electron chi connectivity index (χ0n) is 12.6. The Morgan fingerprint density at radius 2 is 2.00 bits per heavy atom. The summed E-state index contributed by atoms with van der Waals surface area (Å²) >= 11 is 0. The molecule has 24 heavy (non-hydrogen) atoms. The van der Waals surface area contributed by atoms with Crippen LogP contribution in [0.3, 0.4) is 0 Å². The number of pyridine rings is 1. The van der Waals surface area contributed by atoms with Gasteiger partial charge in [0.25, 0.3) is 12.0 Å². The quantitative estimate of drug-likeness (QED) is 0.777. The molecule has 0 fully saturated rings. The van der Waals surface area contributed by atoms with E-state index in [9.17, 15) is 13.6 Å². The van der Waals surface area contributed by atoms with E-state index in [0.29, 0.717) is 22.3 Å². The first-order chi connectivity index (χ1) is 11.6. The van der Waals surface area contributed by atoms with E-state index < -0.39 is 13.0 Å². The first-order valence-corrected chi connectivity index (χ1v) is 7.02. The van der Waals surface area contributed by atoms with Crippen molar-refractivity contribution < 1.29 is 18.3 Å². The molecule has 6 nitrogen and oxygen atoms in total. The highest BCUT2D eigenvalue weighted by atomic mass is 19.3. The third-order valence-corrected chi connectivity index (χ3v) is 3.27. The molecule has 8 heteroatoms. The number of benzene rings is 1. The van der Waals surface area contributed by atoms with Crippen molar-refractivity contribution in [2.24, 2.45) is 0 Å². The Hall–Kier alpha value is -3.03. The largest absolute Gasteiger partial charge is 0.497 e. The third-order valence-electron chi connectivity index (χ3n) is 3.27. The molecule has 0 radical (unpaired) electrons. The lowest BCUT2D eigenvalue weighted by atomic mass is 10.2. The normalized spacial score (nSPS) is 11.0. The number of hydrogen-bond acceptors (Lipinski definition) is 5. The fraction of sp³-hybridized carbons (Fsp3) is 0.188. The van der Waals surface area contributed by atoms with Crippen molar-refractivity contribution in [3.8, 4) is 23.0 Å². The van der Waals surface area contributed by atoms with Gasteiger partial charge in [0.1, 0.15) is 23.8 Å². The predicted octanol–water partition coefficient (Wildman–Crippen LogP) is 2.64. The Balaban J connectivity index is 1.93. The molecule has 1 aromatic carbocycles. The summed E-state index contributed by atoms with van der Waals surface area (Å²) in [5.41, 5.74) is 0.567. The van der Waals surface area contributed by atoms with Crippen molar-refractivity contribution in [3.63, 3.8) is 0 Å². The molecule has 1 N–H and O–H groups in total. The molecule has 0 aliphatic carbocycles. The first-order valence-electron chi connectivity index (χ1n) is 7.02. The maximum absolute atomic E-state index is 12.2. The number of aromatic nitrogens is 3. The Labute approximate surface area is 135 Å². The minimum Gasteiger partial charge on any atom is -0.497 e. The summed E-state index contributed by atoms with van der Waals surface area (Å²) < 4.78 is 34.2. The summed E-state index contributed by atoms with van der Waals surface area (Å²) in [7, 11) is 1.51. The molecule has 0 amide bonds. The molecule has 2 heterocycles. The molecule has 0 unspecified atom stereocenters. The molecule has 0 bridgehead atoms. The van der Waals surface area contributed by atoms with E-state index in [-0.39, 0.29) is 17.1 Å². The zero-order chi connectivity index (χ0) is 17.1. The van der Waals surface area contributed by atoms with Gasteiger partial charge in [0, 0.05) is 0 Å². The number of H-pyrrole nitrogens is 1. The van der Waals surface area contributed by atoms with Gasteiger partial charge in [-0.25, -0.2) is 18.7 Å². The Morgan fingerprint density at radius 1 is 1.21 bits per heavy atom. The topological polar surface area (TPSA) is 77.1 Å². The SMILES string of the molecule is COc1ccc2nc(-c3ccc(OCC(F)F)cn3)[nH]c(=O)c2c1. The number of nitrogens with zero attached hydrogens (tertiary/aromatic N) is 2. The van der Waals surface area contributed by atoms with Crippen LogP contribution in [0.15, 0.2) is 41.3 Å². The molecule has 0 saturated heterocycles. The second kappa shape index (κ2) is 6.61. The van der Waals surface area contributed by atoms with E-state index in [1.54, 1.807) is 18.2 Å². The van der Waals surface area contributed by atoms with E-state index in [1.807, 2.05) is 0 Å². The first kappa shape index (κ1) is 15.9. The van der Waals surface area contributed by atoms with Gasteiger partial charge in [-0.05, 0) is 30.3 Å². The van der Waals surface area contributed by atoms with Crippen LogP contribution in [0.5, 0.6) is 11.5 Å². The van der Waals surface area contributed by atoms with Gasteiger partial charge in [0.05, 0.1) is 24.2 Å². The highest BCUT2D eigenvalue weighted by Crippen LogP contribution is 2.20. The molecule has 0 aliphatic rings. The lowest BCUT2D eigenvalue weighted by molar-refractivity contribution is 0.0817. The molecule has 0 aliphatic heterocycles. The number of hydrogen-bond donors (Lipinski definition) is 1. The monoisotopic (exact) mass is 333 g/mol. The Bertz CT molecular complexity index is 911. The van der Waals surface area contributed by atoms with Crippen molar-refractivity contribution in [1.29, 1.82) is 0 Å². The Kier molecular flexibility index (Phi) is 4.37. The van der Waals surface area contributed by atoms with E-state index in [2.05, 4.69) is 15.0 Å². The van der Waals surface area contributed by atoms with Crippen molar-refractivity contribution >= 4 is 10.9 Å². The summed E-state index contributed by atoms with van der Waals surface area (Å²) in [5, 5.41) is 0.398. The molecule has 0 atom stereocenters. The van der Waals surface area contributed by atoms with Gasteiger partial charge in [-0.3, -0.25) is 4.79 Å². The highest BCUT2D eigenvalue weighted by Gasteiger charge is 2.09. The van der Waals surface area contributed by atoms with Gasteiger partial charge in [-0.1, -0.05) is 0 Å². The van der Waals surface area contributed by atoms with Crippen LogP contribution in [-0.4, -0.2) is 35.1 Å². The minimum absolute atomic E-state index is 0.215. The molecular weight excluding hydrogens is 320 g/mol. The van der Waals surface area contributed by atoms with Gasteiger partial charge < -0.3 is 14.5 Å². The highest BCUT2D eigenvalue weighted by molar-refractivity contribution is 5.80. The fourth-order valence-corrected chi connectivity index (χ4v) is 2.13. The number of ether oxygens (including phenoxy) is 2. The van der Waals surface area contributed by atoms with Crippen LogP contribution < -0.4 is 15.0 Å². The maximum Gasteiger partial charge on any atom is 0.272 e. The molecule has 124 valence electrons. The number of halogens is 2. The second-order valence-corrected chi connectivity index (χ2v) is 4.88. The van der Waals surface area contributed by atoms with Gasteiger partial charge in [0.2, 0.25) is 0 Å². The fourth-order valence-electron chi connectivity index (χ4n) is 2.13. The van der Waals surface area contributed by atoms with Gasteiger partial charge in [-0.15, -0.1) is 0 Å². The second-order valence-electron chi connectivity index (χ2n) is 4.88. The average Bonchev–Trinajstić information content (AvgIpc) is 2.60. The average molecular weight is 333 g/mol. The van der Waals surface area contributed by atoms with Crippen molar-refractivity contribution in [3.05, 3.63) is 46.9 Å². The molecular formula is C16H13F2N3O3. The van der Waals surface area contributed by atoms with Crippen molar-refractivity contribution in [2.45, 2.75) is 6.43 Å². The minimum atomic E-state index is -2.56. The lowest BCUT2D eigenvalue weighted by Gasteiger charge is -2.07. The molecule has 2 aromatic heterocycles. The number of rotatable bonds is 5. The number of aromatic amines is 1.